The number of ether oxygens (including phenoxy) is 1. The van der Waals surface area contributed by atoms with Crippen LogP contribution in [-0.4, -0.2) is 0 Å². The van der Waals surface area contributed by atoms with Crippen molar-refractivity contribution in [1.29, 1.82) is 0 Å². The Labute approximate surface area is 135 Å². The molecule has 0 spiro atoms. The average molecular weight is 307 g/mol. The van der Waals surface area contributed by atoms with E-state index in [0.717, 1.165) is 17.1 Å². The lowest BCUT2D eigenvalue weighted by molar-refractivity contribution is 0.481. The van der Waals surface area contributed by atoms with Crippen LogP contribution >= 0.6 is 0 Å². The Morgan fingerprint density at radius 1 is 0.739 bits per heavy atom. The molecule has 0 aromatic heterocycles. The summed E-state index contributed by atoms with van der Waals surface area (Å²) in [5.74, 6) is 1.42. The lowest BCUT2D eigenvalue weighted by Crippen LogP contribution is -2.13. The first kappa shape index (κ1) is 15.3. The smallest absolute Gasteiger partial charge is 0.127 e. The van der Waals surface area contributed by atoms with Crippen molar-refractivity contribution in [2.45, 2.75) is 13.1 Å². The normalized spacial score (nSPS) is 10.5. The van der Waals surface area contributed by atoms with Crippen molar-refractivity contribution >= 4 is 0 Å². The first-order chi connectivity index (χ1) is 11.3. The van der Waals surface area contributed by atoms with Crippen molar-refractivity contribution in [2.24, 2.45) is 0 Å². The van der Waals surface area contributed by atoms with Gasteiger partial charge < -0.3 is 10.1 Å². The van der Waals surface area contributed by atoms with Crippen molar-refractivity contribution in [1.82, 2.24) is 5.32 Å². The summed E-state index contributed by atoms with van der Waals surface area (Å²) in [6.45, 7) is 1.15. The minimum Gasteiger partial charge on any atom is -0.457 e. The molecular formula is C20H18FNO. The van der Waals surface area contributed by atoms with E-state index in [9.17, 15) is 4.39 Å². The summed E-state index contributed by atoms with van der Waals surface area (Å²) >= 11 is 0. The second-order valence-corrected chi connectivity index (χ2v) is 5.26. The molecular weight excluding hydrogens is 289 g/mol. The van der Waals surface area contributed by atoms with Crippen LogP contribution in [0.25, 0.3) is 0 Å². The maximum Gasteiger partial charge on any atom is 0.127 e. The third-order valence-electron chi connectivity index (χ3n) is 3.48. The van der Waals surface area contributed by atoms with Crippen LogP contribution in [0.4, 0.5) is 4.39 Å². The third-order valence-corrected chi connectivity index (χ3v) is 3.48. The van der Waals surface area contributed by atoms with Gasteiger partial charge in [-0.3, -0.25) is 0 Å². The molecule has 3 heteroatoms. The molecule has 0 saturated heterocycles. The van der Waals surface area contributed by atoms with Gasteiger partial charge in [0, 0.05) is 18.7 Å². The maximum atomic E-state index is 13.6. The highest BCUT2D eigenvalue weighted by atomic mass is 19.1. The summed E-state index contributed by atoms with van der Waals surface area (Å²) in [4.78, 5) is 0. The van der Waals surface area contributed by atoms with Crippen molar-refractivity contribution < 1.29 is 9.13 Å². The van der Waals surface area contributed by atoms with Gasteiger partial charge in [0.2, 0.25) is 0 Å². The minimum absolute atomic E-state index is 0.179. The van der Waals surface area contributed by atoms with E-state index < -0.39 is 0 Å². The molecule has 0 unspecified atom stereocenters. The van der Waals surface area contributed by atoms with Crippen molar-refractivity contribution in [3.05, 3.63) is 95.8 Å². The second kappa shape index (κ2) is 7.56. The van der Waals surface area contributed by atoms with Gasteiger partial charge in [-0.2, -0.15) is 0 Å². The Morgan fingerprint density at radius 3 is 2.30 bits per heavy atom. The number of hydrogen-bond donors (Lipinski definition) is 1. The SMILES string of the molecule is Fc1ccccc1CNCc1cccc(Oc2ccccc2)c1. The Balaban J connectivity index is 1.58. The molecule has 116 valence electrons. The first-order valence-corrected chi connectivity index (χ1v) is 7.57. The summed E-state index contributed by atoms with van der Waals surface area (Å²) in [5.41, 5.74) is 1.76. The maximum absolute atomic E-state index is 13.6. The van der Waals surface area contributed by atoms with E-state index in [1.165, 1.54) is 6.07 Å². The summed E-state index contributed by atoms with van der Waals surface area (Å²) < 4.78 is 19.4. The highest BCUT2D eigenvalue weighted by molar-refractivity contribution is 5.33. The zero-order valence-corrected chi connectivity index (χ0v) is 12.7. The molecule has 0 atom stereocenters. The molecule has 3 aromatic rings. The van der Waals surface area contributed by atoms with Crippen LogP contribution in [-0.2, 0) is 13.1 Å². The molecule has 0 amide bonds. The fraction of sp³-hybridized carbons (Fsp3) is 0.100. The lowest BCUT2D eigenvalue weighted by Gasteiger charge is -2.09. The highest BCUT2D eigenvalue weighted by Crippen LogP contribution is 2.21. The molecule has 0 bridgehead atoms. The largest absolute Gasteiger partial charge is 0.457 e. The van der Waals surface area contributed by atoms with E-state index >= 15 is 0 Å². The molecule has 1 N–H and O–H groups in total. The predicted molar refractivity (Wildman–Crippen MR) is 89.9 cm³/mol. The highest BCUT2D eigenvalue weighted by Gasteiger charge is 2.02. The first-order valence-electron chi connectivity index (χ1n) is 7.57. The lowest BCUT2D eigenvalue weighted by atomic mass is 10.2. The summed E-state index contributed by atoms with van der Waals surface area (Å²) in [6.07, 6.45) is 0. The number of nitrogens with one attached hydrogen (secondary N) is 1. The Kier molecular flexibility index (Phi) is 5.02. The van der Waals surface area contributed by atoms with Crippen molar-refractivity contribution in [3.63, 3.8) is 0 Å². The molecule has 3 rings (SSSR count). The van der Waals surface area contributed by atoms with Crippen LogP contribution in [0.3, 0.4) is 0 Å². The van der Waals surface area contributed by atoms with E-state index in [-0.39, 0.29) is 5.82 Å². The van der Waals surface area contributed by atoms with E-state index in [2.05, 4.69) is 5.32 Å². The number of halogens is 1. The topological polar surface area (TPSA) is 21.3 Å². The van der Waals surface area contributed by atoms with Gasteiger partial charge in [-0.05, 0) is 35.9 Å². The van der Waals surface area contributed by atoms with E-state index in [4.69, 9.17) is 4.74 Å². The molecule has 0 fully saturated rings. The summed E-state index contributed by atoms with van der Waals surface area (Å²) in [5, 5.41) is 3.25. The van der Waals surface area contributed by atoms with E-state index in [1.807, 2.05) is 60.7 Å². The number of hydrogen-bond acceptors (Lipinski definition) is 2. The summed E-state index contributed by atoms with van der Waals surface area (Å²) in [7, 11) is 0. The van der Waals surface area contributed by atoms with Gasteiger partial charge in [0.1, 0.15) is 17.3 Å². The van der Waals surface area contributed by atoms with Gasteiger partial charge in [-0.25, -0.2) is 4.39 Å². The minimum atomic E-state index is -0.179. The monoisotopic (exact) mass is 307 g/mol. The standard InChI is InChI=1S/C20H18FNO/c21-20-12-5-4-8-17(20)15-22-14-16-7-6-11-19(13-16)23-18-9-2-1-3-10-18/h1-13,22H,14-15H2. The molecule has 0 saturated carbocycles. The van der Waals surface area contributed by atoms with E-state index in [1.54, 1.807) is 12.1 Å². The van der Waals surface area contributed by atoms with Gasteiger partial charge in [-0.15, -0.1) is 0 Å². The number of para-hydroxylation sites is 1. The van der Waals surface area contributed by atoms with Crippen LogP contribution in [0.2, 0.25) is 0 Å². The molecule has 0 aliphatic heterocycles. The fourth-order valence-corrected chi connectivity index (χ4v) is 2.33. The number of benzene rings is 3. The van der Waals surface area contributed by atoms with Gasteiger partial charge in [0.05, 0.1) is 0 Å². The average Bonchev–Trinajstić information content (AvgIpc) is 2.58. The quantitative estimate of drug-likeness (QED) is 0.699. The summed E-state index contributed by atoms with van der Waals surface area (Å²) in [6, 6.07) is 24.4. The van der Waals surface area contributed by atoms with Gasteiger partial charge in [0.15, 0.2) is 0 Å². The zero-order valence-electron chi connectivity index (χ0n) is 12.7. The van der Waals surface area contributed by atoms with Crippen LogP contribution in [0.15, 0.2) is 78.9 Å². The van der Waals surface area contributed by atoms with Crippen LogP contribution in [0.1, 0.15) is 11.1 Å². The molecule has 3 aromatic carbocycles. The molecule has 0 aliphatic carbocycles. The zero-order chi connectivity index (χ0) is 15.9. The Morgan fingerprint density at radius 2 is 1.48 bits per heavy atom. The van der Waals surface area contributed by atoms with Crippen LogP contribution in [0.5, 0.6) is 11.5 Å². The fourth-order valence-electron chi connectivity index (χ4n) is 2.33. The van der Waals surface area contributed by atoms with Gasteiger partial charge in [0.25, 0.3) is 0 Å². The Hall–Kier alpha value is -2.65. The van der Waals surface area contributed by atoms with E-state index in [0.29, 0.717) is 18.7 Å². The third kappa shape index (κ3) is 4.41. The second-order valence-electron chi connectivity index (χ2n) is 5.26. The number of rotatable bonds is 6. The predicted octanol–water partition coefficient (Wildman–Crippen LogP) is 4.91. The molecule has 2 nitrogen and oxygen atoms in total. The van der Waals surface area contributed by atoms with Crippen LogP contribution < -0.4 is 10.1 Å². The van der Waals surface area contributed by atoms with Gasteiger partial charge in [-0.1, -0.05) is 48.5 Å². The molecule has 0 radical (unpaired) electrons. The molecule has 0 heterocycles. The molecule has 23 heavy (non-hydrogen) atoms. The Bertz CT molecular complexity index is 758. The van der Waals surface area contributed by atoms with Crippen LogP contribution in [0, 0.1) is 5.82 Å². The van der Waals surface area contributed by atoms with Crippen molar-refractivity contribution in [2.75, 3.05) is 0 Å². The van der Waals surface area contributed by atoms with Crippen molar-refractivity contribution in [3.8, 4) is 11.5 Å². The van der Waals surface area contributed by atoms with Gasteiger partial charge >= 0.3 is 0 Å². The molecule has 0 aliphatic rings.